The molecule has 11 heteroatoms. The topological polar surface area (TPSA) is 162 Å². The Morgan fingerprint density at radius 3 is 2.30 bits per heavy atom. The third-order valence-electron chi connectivity index (χ3n) is 1.89. The number of nitrogens with one attached hydrogen (secondary N) is 1. The van der Waals surface area contributed by atoms with E-state index < -0.39 is 36.7 Å². The first kappa shape index (κ1) is 19.4. The van der Waals surface area contributed by atoms with Gasteiger partial charge in [-0.15, -0.1) is 0 Å². The van der Waals surface area contributed by atoms with Crippen LogP contribution in [0.2, 0.25) is 0 Å². The molecule has 0 aromatic heterocycles. The molecule has 0 aromatic carbocycles. The van der Waals surface area contributed by atoms with Crippen LogP contribution in [0.15, 0.2) is 0 Å². The lowest BCUT2D eigenvalue weighted by Gasteiger charge is -2.15. The van der Waals surface area contributed by atoms with Crippen molar-refractivity contribution in [3.05, 3.63) is 0 Å². The van der Waals surface area contributed by atoms with Gasteiger partial charge >= 0.3 is 11.9 Å². The zero-order valence-electron chi connectivity index (χ0n) is 10.5. The van der Waals surface area contributed by atoms with Crippen LogP contribution in [0.5, 0.6) is 0 Å². The van der Waals surface area contributed by atoms with E-state index in [-0.39, 0.29) is 18.1 Å². The van der Waals surface area contributed by atoms with Gasteiger partial charge in [-0.1, -0.05) is 21.6 Å². The Kier molecular flexibility index (Phi) is 10.8. The van der Waals surface area contributed by atoms with Crippen LogP contribution in [0.25, 0.3) is 0 Å². The first-order chi connectivity index (χ1) is 9.38. The molecule has 0 aliphatic carbocycles. The second-order valence-corrected chi connectivity index (χ2v) is 6.22. The van der Waals surface area contributed by atoms with Gasteiger partial charge in [-0.25, -0.2) is 0 Å². The number of carboxylic acid groups (broad SMARTS) is 2. The SMILES string of the molecule is N[C@@H](CSSC[C@H](NOCC(O)CO)C(=O)O)C(=O)O. The zero-order chi connectivity index (χ0) is 15.5. The molecular weight excluding hydrogens is 312 g/mol. The number of hydrogen-bond donors (Lipinski definition) is 6. The van der Waals surface area contributed by atoms with E-state index in [1.807, 2.05) is 0 Å². The predicted molar refractivity (Wildman–Crippen MR) is 74.1 cm³/mol. The van der Waals surface area contributed by atoms with Crippen molar-refractivity contribution < 1.29 is 34.9 Å². The number of hydrogen-bond acceptors (Lipinski definition) is 9. The van der Waals surface area contributed by atoms with E-state index >= 15 is 0 Å². The quantitative estimate of drug-likeness (QED) is 0.135. The minimum Gasteiger partial charge on any atom is -0.480 e. The molecule has 0 aromatic rings. The number of nitrogens with two attached hydrogens (primary N) is 1. The van der Waals surface area contributed by atoms with Crippen molar-refractivity contribution in [3.63, 3.8) is 0 Å². The normalized spacial score (nSPS) is 15.6. The van der Waals surface area contributed by atoms with E-state index in [2.05, 4.69) is 5.48 Å². The minimum atomic E-state index is -1.15. The number of carbonyl (C=O) groups is 2. The van der Waals surface area contributed by atoms with Gasteiger partial charge in [0.2, 0.25) is 0 Å². The second kappa shape index (κ2) is 11.1. The Labute approximate surface area is 123 Å². The zero-order valence-corrected chi connectivity index (χ0v) is 12.1. The minimum absolute atomic E-state index is 0.113. The number of aliphatic carboxylic acids is 2. The average Bonchev–Trinajstić information content (AvgIpc) is 2.40. The van der Waals surface area contributed by atoms with Crippen LogP contribution in [0.3, 0.4) is 0 Å². The summed E-state index contributed by atoms with van der Waals surface area (Å²) < 4.78 is 0. The molecule has 118 valence electrons. The van der Waals surface area contributed by atoms with Crippen LogP contribution in [0.1, 0.15) is 0 Å². The Morgan fingerprint density at radius 1 is 1.20 bits per heavy atom. The molecule has 1 unspecified atom stereocenters. The lowest BCUT2D eigenvalue weighted by molar-refractivity contribution is -0.144. The molecule has 0 fully saturated rings. The molecule has 0 radical (unpaired) electrons. The van der Waals surface area contributed by atoms with Crippen molar-refractivity contribution in [2.75, 3.05) is 24.7 Å². The maximum Gasteiger partial charge on any atom is 0.323 e. The largest absolute Gasteiger partial charge is 0.480 e. The van der Waals surface area contributed by atoms with Crippen molar-refractivity contribution in [2.45, 2.75) is 18.2 Å². The molecule has 0 aliphatic heterocycles. The number of aliphatic hydroxyl groups is 2. The summed E-state index contributed by atoms with van der Waals surface area (Å²) in [5.41, 5.74) is 7.52. The lowest BCUT2D eigenvalue weighted by Crippen LogP contribution is -2.40. The van der Waals surface area contributed by atoms with Gasteiger partial charge in [-0.3, -0.25) is 14.4 Å². The molecule has 0 saturated carbocycles. The van der Waals surface area contributed by atoms with E-state index in [1.165, 1.54) is 0 Å². The van der Waals surface area contributed by atoms with Gasteiger partial charge in [-0.2, -0.15) is 5.48 Å². The number of aliphatic hydroxyl groups excluding tert-OH is 2. The smallest absolute Gasteiger partial charge is 0.323 e. The summed E-state index contributed by atoms with van der Waals surface area (Å²) in [4.78, 5) is 26.1. The first-order valence-corrected chi connectivity index (χ1v) is 7.99. The van der Waals surface area contributed by atoms with E-state index in [4.69, 9.17) is 31.0 Å². The molecule has 20 heavy (non-hydrogen) atoms. The second-order valence-electron chi connectivity index (χ2n) is 3.67. The van der Waals surface area contributed by atoms with Crippen LogP contribution in [-0.4, -0.2) is 75.3 Å². The summed E-state index contributed by atoms with van der Waals surface area (Å²) in [5.74, 6) is -2.01. The Hall–Kier alpha value is -0.560. The third-order valence-corrected chi connectivity index (χ3v) is 4.34. The van der Waals surface area contributed by atoms with Gasteiger partial charge < -0.3 is 26.2 Å². The average molecular weight is 330 g/mol. The highest BCUT2D eigenvalue weighted by molar-refractivity contribution is 8.76. The monoisotopic (exact) mass is 330 g/mol. The first-order valence-electron chi connectivity index (χ1n) is 5.50. The van der Waals surface area contributed by atoms with E-state index in [0.717, 1.165) is 21.6 Å². The van der Waals surface area contributed by atoms with Crippen LogP contribution in [0, 0.1) is 0 Å². The van der Waals surface area contributed by atoms with Gasteiger partial charge in [0.1, 0.15) is 18.2 Å². The molecule has 3 atom stereocenters. The van der Waals surface area contributed by atoms with Crippen molar-refractivity contribution in [1.29, 1.82) is 0 Å². The van der Waals surface area contributed by atoms with Gasteiger partial charge in [0, 0.05) is 11.5 Å². The molecule has 7 N–H and O–H groups in total. The van der Waals surface area contributed by atoms with Crippen LogP contribution in [0.4, 0.5) is 0 Å². The lowest BCUT2D eigenvalue weighted by atomic mass is 10.4. The van der Waals surface area contributed by atoms with Crippen molar-refractivity contribution >= 4 is 33.5 Å². The summed E-state index contributed by atoms with van der Waals surface area (Å²) in [6.07, 6.45) is -1.09. The molecule has 9 nitrogen and oxygen atoms in total. The summed E-state index contributed by atoms with van der Waals surface area (Å²) in [7, 11) is 2.28. The molecule has 0 spiro atoms. The molecule has 0 amide bonds. The predicted octanol–water partition coefficient (Wildman–Crippen LogP) is -1.89. The van der Waals surface area contributed by atoms with Gasteiger partial charge in [-0.05, 0) is 0 Å². The maximum atomic E-state index is 10.9. The molecule has 0 aliphatic rings. The fourth-order valence-electron chi connectivity index (χ4n) is 0.762. The fraction of sp³-hybridized carbons (Fsp3) is 0.778. The van der Waals surface area contributed by atoms with Crippen LogP contribution >= 0.6 is 21.6 Å². The Bertz CT molecular complexity index is 308. The van der Waals surface area contributed by atoms with Crippen LogP contribution in [-0.2, 0) is 14.4 Å². The third kappa shape index (κ3) is 9.36. The van der Waals surface area contributed by atoms with Gasteiger partial charge in [0.15, 0.2) is 0 Å². The van der Waals surface area contributed by atoms with Gasteiger partial charge in [0.25, 0.3) is 0 Å². The van der Waals surface area contributed by atoms with E-state index in [9.17, 15) is 9.59 Å². The highest BCUT2D eigenvalue weighted by Crippen LogP contribution is 2.22. The summed E-state index contributed by atoms with van der Waals surface area (Å²) in [6, 6.07) is -2.03. The molecule has 0 saturated heterocycles. The summed E-state index contributed by atoms with van der Waals surface area (Å²) in [6.45, 7) is -0.737. The van der Waals surface area contributed by atoms with Crippen molar-refractivity contribution in [1.82, 2.24) is 5.48 Å². The van der Waals surface area contributed by atoms with E-state index in [0.29, 0.717) is 0 Å². The Morgan fingerprint density at radius 2 is 1.80 bits per heavy atom. The highest BCUT2D eigenvalue weighted by Gasteiger charge is 2.19. The highest BCUT2D eigenvalue weighted by atomic mass is 33.1. The van der Waals surface area contributed by atoms with Crippen LogP contribution < -0.4 is 11.2 Å². The maximum absolute atomic E-state index is 10.9. The van der Waals surface area contributed by atoms with Gasteiger partial charge in [0.05, 0.1) is 13.2 Å². The molecule has 0 rings (SSSR count). The summed E-state index contributed by atoms with van der Waals surface area (Å²) in [5, 5.41) is 35.0. The van der Waals surface area contributed by atoms with E-state index in [1.54, 1.807) is 0 Å². The molecular formula is C9H18N2O7S2. The Balaban J connectivity index is 3.86. The number of carboxylic acids is 2. The van der Waals surface area contributed by atoms with Crippen molar-refractivity contribution in [2.24, 2.45) is 5.73 Å². The summed E-state index contributed by atoms with van der Waals surface area (Å²) >= 11 is 0. The fourth-order valence-corrected chi connectivity index (χ4v) is 3.02. The number of hydroxylamine groups is 1. The molecule has 0 bridgehead atoms. The standard InChI is InChI=1S/C9H18N2O7S2/c10-6(8(14)15)3-19-20-4-7(9(16)17)11-18-2-5(13)1-12/h5-7,11-13H,1-4,10H2,(H,14,15)(H,16,17)/t5?,6-,7-/m0/s1. The molecule has 0 heterocycles. The van der Waals surface area contributed by atoms with Crippen molar-refractivity contribution in [3.8, 4) is 0 Å². The number of rotatable bonds is 12.